The maximum atomic E-state index is 8.73. The third kappa shape index (κ3) is 21.8. The zero-order chi connectivity index (χ0) is 17.0. The highest BCUT2D eigenvalue weighted by Crippen LogP contribution is 2.14. The molecule has 0 atom stereocenters. The van der Waals surface area contributed by atoms with Crippen LogP contribution in [0.4, 0.5) is 0 Å². The molecule has 23 heavy (non-hydrogen) atoms. The molecule has 0 rings (SSSR count). The lowest BCUT2D eigenvalue weighted by atomic mass is 10.0. The van der Waals surface area contributed by atoms with E-state index < -0.39 is 6.29 Å². The molecule has 4 nitrogen and oxygen atoms in total. The molecule has 0 fully saturated rings. The van der Waals surface area contributed by atoms with Crippen LogP contribution in [0.25, 0.3) is 0 Å². The van der Waals surface area contributed by atoms with E-state index in [1.807, 2.05) is 0 Å². The molecule has 0 aliphatic rings. The molecule has 0 amide bonds. The predicted molar refractivity (Wildman–Crippen MR) is 96.5 cm³/mol. The second kappa shape index (κ2) is 19.9. The van der Waals surface area contributed by atoms with Crippen LogP contribution < -0.4 is 5.48 Å². The summed E-state index contributed by atoms with van der Waals surface area (Å²) in [5.41, 5.74) is 2.21. The highest BCUT2D eigenvalue weighted by atomic mass is 16.5. The molecule has 0 aromatic heterocycles. The van der Waals surface area contributed by atoms with E-state index in [2.05, 4.69) is 5.48 Å². The van der Waals surface area contributed by atoms with Crippen molar-refractivity contribution in [1.82, 2.24) is 5.48 Å². The van der Waals surface area contributed by atoms with Crippen LogP contribution in [0.15, 0.2) is 0 Å². The molecule has 0 unspecified atom stereocenters. The van der Waals surface area contributed by atoms with Gasteiger partial charge in [0.25, 0.3) is 0 Å². The molecular weight excluding hydrogens is 290 g/mol. The summed E-state index contributed by atoms with van der Waals surface area (Å²) in [5, 5.41) is 25.9. The number of aliphatic hydroxyl groups is 2. The molecule has 0 saturated heterocycles. The van der Waals surface area contributed by atoms with Crippen molar-refractivity contribution >= 4 is 0 Å². The Morgan fingerprint density at radius 2 is 0.783 bits per heavy atom. The molecule has 0 aromatic rings. The van der Waals surface area contributed by atoms with Crippen molar-refractivity contribution in [3.63, 3.8) is 0 Å². The van der Waals surface area contributed by atoms with Crippen molar-refractivity contribution in [2.24, 2.45) is 0 Å². The molecule has 0 aliphatic carbocycles. The van der Waals surface area contributed by atoms with Crippen LogP contribution in [0.5, 0.6) is 0 Å². The fourth-order valence-electron chi connectivity index (χ4n) is 3.01. The Hall–Kier alpha value is -0.160. The first kappa shape index (κ1) is 22.8. The van der Waals surface area contributed by atoms with Crippen molar-refractivity contribution in [2.75, 3.05) is 6.54 Å². The molecule has 0 heterocycles. The zero-order valence-corrected chi connectivity index (χ0v) is 15.1. The standard InChI is InChI=1S/C19H41NO3/c21-19(22)17-15-13-11-9-7-5-3-1-2-4-6-8-10-12-14-16-18-20-23/h19-23H,1-18H2. The fourth-order valence-corrected chi connectivity index (χ4v) is 3.01. The number of hydrogen-bond donors (Lipinski definition) is 4. The smallest absolute Gasteiger partial charge is 0.151 e. The lowest BCUT2D eigenvalue weighted by Crippen LogP contribution is -2.07. The van der Waals surface area contributed by atoms with Crippen molar-refractivity contribution in [2.45, 2.75) is 115 Å². The predicted octanol–water partition coefficient (Wildman–Crippen LogP) is 4.91. The summed E-state index contributed by atoms with van der Waals surface area (Å²) in [6, 6.07) is 0. The first-order chi connectivity index (χ1) is 11.3. The fraction of sp³-hybridized carbons (Fsp3) is 1.00. The molecule has 0 radical (unpaired) electrons. The Bertz CT molecular complexity index is 213. The lowest BCUT2D eigenvalue weighted by molar-refractivity contribution is -0.0466. The van der Waals surface area contributed by atoms with Crippen LogP contribution in [-0.2, 0) is 0 Å². The van der Waals surface area contributed by atoms with E-state index in [-0.39, 0.29) is 0 Å². The number of nitrogens with one attached hydrogen (secondary N) is 1. The second-order valence-electron chi connectivity index (χ2n) is 6.83. The number of aliphatic hydroxyl groups excluding tert-OH is 1. The maximum Gasteiger partial charge on any atom is 0.151 e. The highest BCUT2D eigenvalue weighted by molar-refractivity contribution is 4.50. The summed E-state index contributed by atoms with van der Waals surface area (Å²) < 4.78 is 0. The van der Waals surface area contributed by atoms with Gasteiger partial charge in [0.2, 0.25) is 0 Å². The quantitative estimate of drug-likeness (QED) is 0.154. The topological polar surface area (TPSA) is 72.7 Å². The van der Waals surface area contributed by atoms with Crippen molar-refractivity contribution < 1.29 is 15.4 Å². The van der Waals surface area contributed by atoms with Crippen LogP contribution >= 0.6 is 0 Å². The summed E-state index contributed by atoms with van der Waals surface area (Å²) in [6.07, 6.45) is 20.0. The molecule has 0 bridgehead atoms. The molecule has 0 saturated carbocycles. The van der Waals surface area contributed by atoms with Gasteiger partial charge in [-0.2, -0.15) is 0 Å². The number of unbranched alkanes of at least 4 members (excludes halogenated alkanes) is 15. The molecule has 4 heteroatoms. The Morgan fingerprint density at radius 1 is 0.478 bits per heavy atom. The minimum Gasteiger partial charge on any atom is -0.368 e. The number of hydrogen-bond acceptors (Lipinski definition) is 4. The van der Waals surface area contributed by atoms with Crippen molar-refractivity contribution in [3.05, 3.63) is 0 Å². The maximum absolute atomic E-state index is 8.73. The summed E-state index contributed by atoms with van der Waals surface area (Å²) in [5.74, 6) is 0. The van der Waals surface area contributed by atoms with Crippen LogP contribution in [0.3, 0.4) is 0 Å². The van der Waals surface area contributed by atoms with E-state index in [0.717, 1.165) is 25.8 Å². The van der Waals surface area contributed by atoms with Crippen LogP contribution in [0, 0.1) is 0 Å². The first-order valence-electron chi connectivity index (χ1n) is 10.0. The number of rotatable bonds is 19. The van der Waals surface area contributed by atoms with Gasteiger partial charge in [-0.3, -0.25) is 0 Å². The van der Waals surface area contributed by atoms with Crippen molar-refractivity contribution in [3.8, 4) is 0 Å². The van der Waals surface area contributed by atoms with E-state index in [1.54, 1.807) is 0 Å². The summed E-state index contributed by atoms with van der Waals surface area (Å²) in [7, 11) is 0. The third-order valence-corrected chi connectivity index (χ3v) is 4.50. The Morgan fingerprint density at radius 3 is 1.09 bits per heavy atom. The average molecular weight is 332 g/mol. The molecule has 0 aromatic carbocycles. The van der Waals surface area contributed by atoms with Gasteiger partial charge in [-0.1, -0.05) is 89.9 Å². The van der Waals surface area contributed by atoms with Crippen molar-refractivity contribution in [1.29, 1.82) is 0 Å². The first-order valence-corrected chi connectivity index (χ1v) is 10.0. The van der Waals surface area contributed by atoms with Gasteiger partial charge < -0.3 is 15.4 Å². The van der Waals surface area contributed by atoms with Crippen LogP contribution in [0.2, 0.25) is 0 Å². The molecule has 4 N–H and O–H groups in total. The normalized spacial score (nSPS) is 11.5. The monoisotopic (exact) mass is 331 g/mol. The van der Waals surface area contributed by atoms with E-state index in [0.29, 0.717) is 6.42 Å². The van der Waals surface area contributed by atoms with E-state index in [9.17, 15) is 0 Å². The SMILES string of the molecule is ONCCCCCCCCCCCCCCCCCCC(O)O. The second-order valence-corrected chi connectivity index (χ2v) is 6.83. The number of hydroxylamine groups is 1. The molecule has 0 spiro atoms. The Labute approximate surface area is 143 Å². The van der Waals surface area contributed by atoms with E-state index >= 15 is 0 Å². The van der Waals surface area contributed by atoms with Crippen LogP contribution in [-0.4, -0.2) is 28.3 Å². The lowest BCUT2D eigenvalue weighted by Gasteiger charge is -2.04. The third-order valence-electron chi connectivity index (χ3n) is 4.50. The van der Waals surface area contributed by atoms with Gasteiger partial charge in [-0.05, 0) is 19.3 Å². The largest absolute Gasteiger partial charge is 0.368 e. The molecule has 0 aliphatic heterocycles. The van der Waals surface area contributed by atoms with Crippen LogP contribution in [0.1, 0.15) is 109 Å². The van der Waals surface area contributed by atoms with E-state index in [1.165, 1.54) is 83.5 Å². The zero-order valence-electron chi connectivity index (χ0n) is 15.1. The summed E-state index contributed by atoms with van der Waals surface area (Å²) >= 11 is 0. The minimum atomic E-state index is -1.11. The molecule has 140 valence electrons. The summed E-state index contributed by atoms with van der Waals surface area (Å²) in [4.78, 5) is 0. The Kier molecular flexibility index (Phi) is 19.7. The highest BCUT2D eigenvalue weighted by Gasteiger charge is 1.97. The van der Waals surface area contributed by atoms with E-state index in [4.69, 9.17) is 15.4 Å². The minimum absolute atomic E-state index is 0.528. The summed E-state index contributed by atoms with van der Waals surface area (Å²) in [6.45, 7) is 0.728. The Balaban J connectivity index is 2.95. The van der Waals surface area contributed by atoms with Gasteiger partial charge >= 0.3 is 0 Å². The van der Waals surface area contributed by atoms with Gasteiger partial charge in [0.15, 0.2) is 6.29 Å². The van der Waals surface area contributed by atoms with Gasteiger partial charge in [0.1, 0.15) is 0 Å². The van der Waals surface area contributed by atoms with Gasteiger partial charge in [-0.25, -0.2) is 5.48 Å². The molecular formula is C19H41NO3. The average Bonchev–Trinajstić information content (AvgIpc) is 2.53. The van der Waals surface area contributed by atoms with Gasteiger partial charge in [0.05, 0.1) is 0 Å². The van der Waals surface area contributed by atoms with Gasteiger partial charge in [-0.15, -0.1) is 0 Å². The van der Waals surface area contributed by atoms with Gasteiger partial charge in [0, 0.05) is 6.54 Å².